The van der Waals surface area contributed by atoms with Crippen molar-refractivity contribution in [3.05, 3.63) is 56.1 Å². The quantitative estimate of drug-likeness (QED) is 0.590. The highest BCUT2D eigenvalue weighted by atomic mass is 35.5. The lowest BCUT2D eigenvalue weighted by Crippen LogP contribution is -2.11. The molecule has 0 unspecified atom stereocenters. The zero-order valence-electron chi connectivity index (χ0n) is 15.3. The molecule has 0 saturated heterocycles. The van der Waals surface area contributed by atoms with E-state index in [-0.39, 0.29) is 17.2 Å². The van der Waals surface area contributed by atoms with Gasteiger partial charge in [0.25, 0.3) is 0 Å². The molecule has 0 fully saturated rings. The predicted octanol–water partition coefficient (Wildman–Crippen LogP) is 4.66. The van der Waals surface area contributed by atoms with Crippen molar-refractivity contribution in [1.29, 1.82) is 0 Å². The fourth-order valence-corrected chi connectivity index (χ4v) is 3.86. The molecule has 0 bridgehead atoms. The number of phenols is 1. The molecule has 0 radical (unpaired) electrons. The van der Waals surface area contributed by atoms with Gasteiger partial charge in [-0.25, -0.2) is 4.68 Å². The number of hydrogen-bond donors (Lipinski definition) is 1. The summed E-state index contributed by atoms with van der Waals surface area (Å²) in [6.45, 7) is 0. The second-order valence-corrected chi connectivity index (χ2v) is 7.26. The highest BCUT2D eigenvalue weighted by Crippen LogP contribution is 2.36. The van der Waals surface area contributed by atoms with E-state index in [0.29, 0.717) is 20.4 Å². The number of phenolic OH excluding ortho intramolecular Hbond substituents is 1. The second-order valence-electron chi connectivity index (χ2n) is 5.58. The van der Waals surface area contributed by atoms with Gasteiger partial charge in [-0.15, -0.1) is 11.3 Å². The number of benzene rings is 2. The summed E-state index contributed by atoms with van der Waals surface area (Å²) in [5, 5.41) is 17.6. The van der Waals surface area contributed by atoms with E-state index in [2.05, 4.69) is 10.1 Å². The second kappa shape index (κ2) is 8.68. The summed E-state index contributed by atoms with van der Waals surface area (Å²) in [6.07, 6.45) is 1.62. The molecule has 0 saturated carbocycles. The number of aromatic nitrogens is 1. The van der Waals surface area contributed by atoms with Crippen LogP contribution in [0.5, 0.6) is 17.2 Å². The average molecular weight is 438 g/mol. The minimum absolute atomic E-state index is 0.0665. The third-order valence-electron chi connectivity index (χ3n) is 3.91. The molecule has 0 aliphatic carbocycles. The van der Waals surface area contributed by atoms with Gasteiger partial charge in [-0.2, -0.15) is 5.10 Å². The number of ether oxygens (including phenoxy) is 2. The van der Waals surface area contributed by atoms with E-state index in [4.69, 9.17) is 32.7 Å². The molecule has 3 rings (SSSR count). The fourth-order valence-electron chi connectivity index (χ4n) is 2.56. The van der Waals surface area contributed by atoms with Crippen molar-refractivity contribution in [2.45, 2.75) is 0 Å². The van der Waals surface area contributed by atoms with Gasteiger partial charge >= 0.3 is 0 Å². The molecule has 0 aliphatic heterocycles. The van der Waals surface area contributed by atoms with Gasteiger partial charge in [0.1, 0.15) is 0 Å². The molecule has 3 aromatic rings. The summed E-state index contributed by atoms with van der Waals surface area (Å²) in [5.41, 5.74) is 2.25. The molecule has 1 heterocycles. The Bertz CT molecular complexity index is 1080. The summed E-state index contributed by atoms with van der Waals surface area (Å²) >= 11 is 13.8. The van der Waals surface area contributed by atoms with Crippen molar-refractivity contribution in [3.63, 3.8) is 0 Å². The molecule has 6 nitrogen and oxygen atoms in total. The number of nitrogens with zero attached hydrogens (tertiary/aromatic N) is 3. The van der Waals surface area contributed by atoms with E-state index >= 15 is 0 Å². The Kier molecular flexibility index (Phi) is 6.28. The normalized spacial score (nSPS) is 12.0. The van der Waals surface area contributed by atoms with Crippen LogP contribution in [0.15, 0.2) is 45.8 Å². The first-order valence-electron chi connectivity index (χ1n) is 8.06. The molecule has 1 N–H and O–H groups in total. The predicted molar refractivity (Wildman–Crippen MR) is 113 cm³/mol. The molecule has 2 aromatic carbocycles. The van der Waals surface area contributed by atoms with E-state index in [1.807, 2.05) is 11.4 Å². The first-order chi connectivity index (χ1) is 13.5. The van der Waals surface area contributed by atoms with Gasteiger partial charge in [-0.1, -0.05) is 23.2 Å². The Morgan fingerprint density at radius 3 is 2.36 bits per heavy atom. The van der Waals surface area contributed by atoms with Crippen molar-refractivity contribution >= 4 is 40.8 Å². The van der Waals surface area contributed by atoms with Crippen LogP contribution in [-0.2, 0) is 0 Å². The van der Waals surface area contributed by atoms with Crippen LogP contribution in [0, 0.1) is 0 Å². The van der Waals surface area contributed by atoms with E-state index in [0.717, 1.165) is 11.3 Å². The van der Waals surface area contributed by atoms with Crippen molar-refractivity contribution < 1.29 is 14.6 Å². The van der Waals surface area contributed by atoms with Gasteiger partial charge in [0.2, 0.25) is 10.6 Å². The minimum atomic E-state index is -0.0665. The number of aromatic hydroxyl groups is 1. The third-order valence-corrected chi connectivity index (χ3v) is 5.36. The van der Waals surface area contributed by atoms with Crippen LogP contribution in [0.4, 0.5) is 0 Å². The Balaban J connectivity index is 2.09. The lowest BCUT2D eigenvalue weighted by molar-refractivity contribution is 0.340. The minimum Gasteiger partial charge on any atom is -0.502 e. The molecule has 0 aliphatic rings. The largest absolute Gasteiger partial charge is 0.502 e. The fraction of sp³-hybridized carbons (Fsp3) is 0.158. The maximum absolute atomic E-state index is 10.1. The Morgan fingerprint density at radius 1 is 1.11 bits per heavy atom. The van der Waals surface area contributed by atoms with Crippen LogP contribution in [0.3, 0.4) is 0 Å². The summed E-state index contributed by atoms with van der Waals surface area (Å²) in [5.74, 6) is 0.512. The smallest absolute Gasteiger partial charge is 0.205 e. The van der Waals surface area contributed by atoms with Crippen LogP contribution in [0.25, 0.3) is 11.3 Å². The van der Waals surface area contributed by atoms with E-state index < -0.39 is 0 Å². The zero-order chi connectivity index (χ0) is 20.3. The Morgan fingerprint density at radius 2 is 1.79 bits per heavy atom. The Hall–Kier alpha value is -2.48. The molecule has 0 atom stereocenters. The van der Waals surface area contributed by atoms with Crippen LogP contribution in [0.1, 0.15) is 5.56 Å². The highest BCUT2D eigenvalue weighted by Gasteiger charge is 2.13. The van der Waals surface area contributed by atoms with Crippen LogP contribution in [-0.4, -0.2) is 37.3 Å². The topological polar surface area (TPSA) is 68.3 Å². The summed E-state index contributed by atoms with van der Waals surface area (Å²) in [7, 11) is 4.63. The van der Waals surface area contributed by atoms with Crippen LogP contribution in [0.2, 0.25) is 10.0 Å². The van der Waals surface area contributed by atoms with Gasteiger partial charge in [0.05, 0.1) is 31.2 Å². The Labute approximate surface area is 175 Å². The van der Waals surface area contributed by atoms with Crippen molar-refractivity contribution in [2.24, 2.45) is 10.1 Å². The molecule has 1 aromatic heterocycles. The number of rotatable bonds is 5. The van der Waals surface area contributed by atoms with E-state index in [1.54, 1.807) is 42.2 Å². The summed E-state index contributed by atoms with van der Waals surface area (Å²) in [6, 6.07) is 8.61. The monoisotopic (exact) mass is 437 g/mol. The van der Waals surface area contributed by atoms with E-state index in [1.165, 1.54) is 25.6 Å². The first-order valence-corrected chi connectivity index (χ1v) is 9.70. The molecular formula is C19H17Cl2N3O3S. The number of methoxy groups -OCH3 is 2. The number of halogens is 2. The van der Waals surface area contributed by atoms with Crippen molar-refractivity contribution in [3.8, 4) is 28.5 Å². The maximum atomic E-state index is 10.1. The third kappa shape index (κ3) is 4.01. The van der Waals surface area contributed by atoms with Gasteiger partial charge in [-0.05, 0) is 30.3 Å². The van der Waals surface area contributed by atoms with Crippen molar-refractivity contribution in [1.82, 2.24) is 4.68 Å². The van der Waals surface area contributed by atoms with Crippen LogP contribution >= 0.6 is 34.5 Å². The van der Waals surface area contributed by atoms with Crippen molar-refractivity contribution in [2.75, 3.05) is 21.3 Å². The number of hydrogen-bond acceptors (Lipinski definition) is 6. The average Bonchev–Trinajstić information content (AvgIpc) is 3.09. The summed E-state index contributed by atoms with van der Waals surface area (Å²) in [4.78, 5) is 4.96. The maximum Gasteiger partial charge on any atom is 0.205 e. The zero-order valence-corrected chi connectivity index (χ0v) is 17.6. The molecule has 9 heteroatoms. The molecule has 0 amide bonds. The molecule has 146 valence electrons. The lowest BCUT2D eigenvalue weighted by atomic mass is 10.2. The first kappa shape index (κ1) is 20.3. The van der Waals surface area contributed by atoms with Gasteiger partial charge in [-0.3, -0.25) is 4.99 Å². The van der Waals surface area contributed by atoms with E-state index in [9.17, 15) is 5.11 Å². The summed E-state index contributed by atoms with van der Waals surface area (Å²) < 4.78 is 12.1. The lowest BCUT2D eigenvalue weighted by Gasteiger charge is -2.09. The molecule has 0 spiro atoms. The number of thiazole rings is 1. The highest BCUT2D eigenvalue weighted by molar-refractivity contribution is 7.07. The van der Waals surface area contributed by atoms with Gasteiger partial charge in [0, 0.05) is 28.6 Å². The molecular weight excluding hydrogens is 421 g/mol. The SMILES string of the molecule is CN=c1scc(-c2ccc(Cl)cc2Cl)n1/N=C/c1cc(OC)c(O)c(OC)c1. The standard InChI is InChI=1S/C19H17Cl2N3O3S/c1-22-19-24(15(10-28-19)13-5-4-12(20)8-14(13)21)23-9-11-6-16(26-2)18(25)17(7-11)27-3/h4-10,25H,1-3H3/b22-19?,23-9+. The van der Waals surface area contributed by atoms with Gasteiger partial charge < -0.3 is 14.6 Å². The van der Waals surface area contributed by atoms with Crippen LogP contribution < -0.4 is 14.3 Å². The molecule has 28 heavy (non-hydrogen) atoms. The van der Waals surface area contributed by atoms with Gasteiger partial charge in [0.15, 0.2) is 11.5 Å².